The van der Waals surface area contributed by atoms with Crippen LogP contribution in [0.25, 0.3) is 0 Å². The molecule has 0 aromatic heterocycles. The second-order valence-corrected chi connectivity index (χ2v) is 8.97. The van der Waals surface area contributed by atoms with Crippen LogP contribution in [0, 0.1) is 0 Å². The summed E-state index contributed by atoms with van der Waals surface area (Å²) in [6, 6.07) is 24.3. The van der Waals surface area contributed by atoms with E-state index in [-0.39, 0.29) is 24.5 Å². The molecule has 4 rings (SSSR count). The van der Waals surface area contributed by atoms with Crippen molar-refractivity contribution in [1.29, 1.82) is 0 Å². The van der Waals surface area contributed by atoms with Gasteiger partial charge in [0, 0.05) is 20.1 Å². The Bertz CT molecular complexity index is 1140. The Kier molecular flexibility index (Phi) is 7.86. The zero-order valence-corrected chi connectivity index (χ0v) is 20.1. The molecule has 5 nitrogen and oxygen atoms in total. The number of para-hydroxylation sites is 1. The summed E-state index contributed by atoms with van der Waals surface area (Å²) in [5, 5.41) is 0.439. The zero-order valence-electron chi connectivity index (χ0n) is 19.3. The maximum absolute atomic E-state index is 13.7. The molecule has 34 heavy (non-hydrogen) atoms. The van der Waals surface area contributed by atoms with Gasteiger partial charge in [0.15, 0.2) is 0 Å². The van der Waals surface area contributed by atoms with Gasteiger partial charge in [-0.25, -0.2) is 0 Å². The highest BCUT2D eigenvalue weighted by molar-refractivity contribution is 6.33. The van der Waals surface area contributed by atoms with Gasteiger partial charge >= 0.3 is 0 Å². The number of halogens is 1. The molecule has 1 aliphatic rings. The van der Waals surface area contributed by atoms with Gasteiger partial charge in [-0.2, -0.15) is 0 Å². The Hall–Kier alpha value is -3.31. The molecule has 1 heterocycles. The van der Waals surface area contributed by atoms with Gasteiger partial charge in [0.25, 0.3) is 11.8 Å². The molecule has 0 aliphatic carbocycles. The largest absolute Gasteiger partial charge is 0.491 e. The Balaban J connectivity index is 1.70. The first-order valence-corrected chi connectivity index (χ1v) is 12.0. The van der Waals surface area contributed by atoms with Gasteiger partial charge in [0.2, 0.25) is 0 Å². The first-order chi connectivity index (χ1) is 16.5. The number of rotatable bonds is 3. The second kappa shape index (κ2) is 11.2. The van der Waals surface area contributed by atoms with Crippen molar-refractivity contribution < 1.29 is 14.3 Å². The zero-order chi connectivity index (χ0) is 23.9. The van der Waals surface area contributed by atoms with Crippen LogP contribution in [-0.2, 0) is 6.42 Å². The van der Waals surface area contributed by atoms with Crippen molar-refractivity contribution in [3.05, 3.63) is 101 Å². The van der Waals surface area contributed by atoms with E-state index >= 15 is 0 Å². The lowest BCUT2D eigenvalue weighted by atomic mass is 10.0. The third-order valence-corrected chi connectivity index (χ3v) is 6.49. The molecule has 2 amide bonds. The van der Waals surface area contributed by atoms with Crippen LogP contribution in [0.1, 0.15) is 39.1 Å². The fourth-order valence-electron chi connectivity index (χ4n) is 4.28. The number of carbonyl (C=O) groups excluding carboxylic acids is 2. The van der Waals surface area contributed by atoms with E-state index in [2.05, 4.69) is 12.1 Å². The van der Waals surface area contributed by atoms with Crippen molar-refractivity contribution in [3.63, 3.8) is 0 Å². The molecular weight excluding hydrogens is 448 g/mol. The van der Waals surface area contributed by atoms with Crippen LogP contribution >= 0.6 is 11.6 Å². The summed E-state index contributed by atoms with van der Waals surface area (Å²) < 4.78 is 6.24. The summed E-state index contributed by atoms with van der Waals surface area (Å²) in [4.78, 5) is 30.3. The number of nitrogens with zero attached hydrogens (tertiary/aromatic N) is 2. The van der Waals surface area contributed by atoms with Crippen LogP contribution in [0.5, 0.6) is 5.75 Å². The minimum atomic E-state index is -0.230. The van der Waals surface area contributed by atoms with Crippen molar-refractivity contribution in [1.82, 2.24) is 9.80 Å². The highest BCUT2D eigenvalue weighted by Gasteiger charge is 2.28. The van der Waals surface area contributed by atoms with E-state index < -0.39 is 0 Å². The van der Waals surface area contributed by atoms with Gasteiger partial charge in [0.05, 0.1) is 22.2 Å². The smallest absolute Gasteiger partial charge is 0.257 e. The highest BCUT2D eigenvalue weighted by atomic mass is 35.5. The van der Waals surface area contributed by atoms with Crippen LogP contribution in [-0.4, -0.2) is 54.4 Å². The topological polar surface area (TPSA) is 49.9 Å². The lowest BCUT2D eigenvalue weighted by Gasteiger charge is -2.33. The summed E-state index contributed by atoms with van der Waals surface area (Å²) in [5.41, 5.74) is 2.14. The summed E-state index contributed by atoms with van der Waals surface area (Å²) in [6.07, 6.45) is 2.18. The number of hydrogen-bond donors (Lipinski definition) is 0. The monoisotopic (exact) mass is 476 g/mol. The number of carbonyl (C=O) groups is 2. The van der Waals surface area contributed by atoms with Gasteiger partial charge in [-0.15, -0.1) is 0 Å². The van der Waals surface area contributed by atoms with E-state index in [0.29, 0.717) is 41.4 Å². The van der Waals surface area contributed by atoms with Gasteiger partial charge < -0.3 is 14.5 Å². The molecule has 176 valence electrons. The first kappa shape index (κ1) is 23.8. The standard InChI is InChI=1S/C28H29ClN2O3/c1-30-17-9-10-18-31(28(33)23-13-5-7-15-25(23)29)22(19-21-11-3-2-4-12-21)20-34-26-16-8-6-14-24(26)27(30)32/h2-8,11-16,22H,9-10,17-20H2,1H3/t22-/m0/s1. The number of amides is 2. The lowest BCUT2D eigenvalue weighted by molar-refractivity contribution is 0.0590. The summed E-state index contributed by atoms with van der Waals surface area (Å²) in [7, 11) is 1.80. The average Bonchev–Trinajstić information content (AvgIpc) is 2.86. The molecule has 0 spiro atoms. The number of ether oxygens (including phenoxy) is 1. The van der Waals surface area contributed by atoms with Crippen LogP contribution in [0.2, 0.25) is 5.02 Å². The molecule has 6 heteroatoms. The molecule has 0 saturated carbocycles. The Labute approximate surface area is 205 Å². The third-order valence-electron chi connectivity index (χ3n) is 6.16. The molecular formula is C28H29ClN2O3. The van der Waals surface area contributed by atoms with Crippen molar-refractivity contribution in [3.8, 4) is 5.75 Å². The predicted molar refractivity (Wildman–Crippen MR) is 135 cm³/mol. The number of benzene rings is 3. The van der Waals surface area contributed by atoms with E-state index in [0.717, 1.165) is 18.4 Å². The quantitative estimate of drug-likeness (QED) is 0.512. The normalized spacial score (nSPS) is 17.2. The van der Waals surface area contributed by atoms with Crippen LogP contribution in [0.15, 0.2) is 78.9 Å². The minimum absolute atomic E-state index is 0.0558. The highest BCUT2D eigenvalue weighted by Crippen LogP contribution is 2.24. The summed E-state index contributed by atoms with van der Waals surface area (Å²) in [5.74, 6) is 0.368. The maximum atomic E-state index is 13.7. The summed E-state index contributed by atoms with van der Waals surface area (Å²) in [6.45, 7) is 1.42. The van der Waals surface area contributed by atoms with Gasteiger partial charge in [-0.3, -0.25) is 9.59 Å². The van der Waals surface area contributed by atoms with Crippen molar-refractivity contribution in [2.24, 2.45) is 0 Å². The van der Waals surface area contributed by atoms with Crippen LogP contribution in [0.4, 0.5) is 0 Å². The molecule has 3 aromatic rings. The molecule has 0 bridgehead atoms. The fourth-order valence-corrected chi connectivity index (χ4v) is 4.49. The van der Waals surface area contributed by atoms with E-state index in [1.54, 1.807) is 30.1 Å². The van der Waals surface area contributed by atoms with Gasteiger partial charge in [0.1, 0.15) is 12.4 Å². The van der Waals surface area contributed by atoms with Gasteiger partial charge in [-0.1, -0.05) is 66.2 Å². The Morgan fingerprint density at radius 2 is 1.62 bits per heavy atom. The van der Waals surface area contributed by atoms with E-state index in [4.69, 9.17) is 16.3 Å². The lowest BCUT2D eigenvalue weighted by Crippen LogP contribution is -2.46. The van der Waals surface area contributed by atoms with Crippen molar-refractivity contribution in [2.45, 2.75) is 25.3 Å². The second-order valence-electron chi connectivity index (χ2n) is 8.56. The fraction of sp³-hybridized carbons (Fsp3) is 0.286. The predicted octanol–water partition coefficient (Wildman–Crippen LogP) is 5.34. The Morgan fingerprint density at radius 1 is 0.941 bits per heavy atom. The molecule has 0 saturated heterocycles. The molecule has 0 fully saturated rings. The maximum Gasteiger partial charge on any atom is 0.257 e. The van der Waals surface area contributed by atoms with Crippen molar-refractivity contribution >= 4 is 23.4 Å². The van der Waals surface area contributed by atoms with Crippen LogP contribution < -0.4 is 4.74 Å². The third kappa shape index (κ3) is 5.60. The van der Waals surface area contributed by atoms with E-state index in [9.17, 15) is 9.59 Å². The van der Waals surface area contributed by atoms with Gasteiger partial charge in [-0.05, 0) is 49.1 Å². The van der Waals surface area contributed by atoms with E-state index in [1.165, 1.54) is 0 Å². The number of hydrogen-bond acceptors (Lipinski definition) is 3. The number of fused-ring (bicyclic) bond motifs is 1. The average molecular weight is 477 g/mol. The summed E-state index contributed by atoms with van der Waals surface area (Å²) >= 11 is 6.40. The SMILES string of the molecule is CN1CCCCN(C(=O)c2ccccc2Cl)[C@@H](Cc2ccccc2)COc2ccccc2C1=O. The van der Waals surface area contributed by atoms with Crippen molar-refractivity contribution in [2.75, 3.05) is 26.7 Å². The minimum Gasteiger partial charge on any atom is -0.491 e. The molecule has 3 aromatic carbocycles. The van der Waals surface area contributed by atoms with E-state index in [1.807, 2.05) is 53.4 Å². The molecule has 0 N–H and O–H groups in total. The molecule has 0 unspecified atom stereocenters. The molecule has 0 radical (unpaired) electrons. The molecule has 1 atom stereocenters. The van der Waals surface area contributed by atoms with Crippen LogP contribution in [0.3, 0.4) is 0 Å². The first-order valence-electron chi connectivity index (χ1n) is 11.6. The molecule has 1 aliphatic heterocycles. The Morgan fingerprint density at radius 3 is 2.41 bits per heavy atom.